The molecule has 0 amide bonds. The van der Waals surface area contributed by atoms with Crippen LogP contribution in [-0.2, 0) is 16.2 Å². The van der Waals surface area contributed by atoms with Crippen molar-refractivity contribution < 1.29 is 0 Å². The number of rotatable bonds is 3. The third kappa shape index (κ3) is 4.12. The van der Waals surface area contributed by atoms with Crippen LogP contribution in [0.4, 0.5) is 0 Å². The van der Waals surface area contributed by atoms with Gasteiger partial charge < -0.3 is 9.13 Å². The Kier molecular flexibility index (Phi) is 6.53. The second-order valence-corrected chi connectivity index (χ2v) is 18.7. The van der Waals surface area contributed by atoms with Gasteiger partial charge in [0.1, 0.15) is 0 Å². The summed E-state index contributed by atoms with van der Waals surface area (Å²) in [5.41, 5.74) is 18.4. The van der Waals surface area contributed by atoms with Crippen LogP contribution in [0.2, 0.25) is 0 Å². The van der Waals surface area contributed by atoms with Gasteiger partial charge in [-0.15, -0.1) is 0 Å². The van der Waals surface area contributed by atoms with Crippen LogP contribution < -0.4 is 0 Å². The summed E-state index contributed by atoms with van der Waals surface area (Å²) >= 11 is 0. The van der Waals surface area contributed by atoms with E-state index in [1.807, 2.05) is 0 Å². The first-order chi connectivity index (χ1) is 26.8. The fraction of sp³-hybridized carbons (Fsp3) is 0.222. The van der Waals surface area contributed by atoms with Crippen LogP contribution >= 0.6 is 0 Å². The number of hydrogen-bond donors (Lipinski definition) is 0. The largest absolute Gasteiger partial charge is 0.309 e. The minimum absolute atomic E-state index is 0.0131. The lowest BCUT2D eigenvalue weighted by molar-refractivity contribution is 0.125. The Morgan fingerprint density at radius 3 is 1.36 bits per heavy atom. The molecule has 0 radical (unpaired) electrons. The lowest BCUT2D eigenvalue weighted by Gasteiger charge is -2.44. The molecular formula is C54H48N2. The van der Waals surface area contributed by atoms with E-state index in [9.17, 15) is 0 Å². The Morgan fingerprint density at radius 1 is 0.339 bits per heavy atom. The van der Waals surface area contributed by atoms with Crippen molar-refractivity contribution in [3.05, 3.63) is 168 Å². The van der Waals surface area contributed by atoms with Crippen LogP contribution in [0.5, 0.6) is 0 Å². The van der Waals surface area contributed by atoms with Gasteiger partial charge in [-0.05, 0) is 121 Å². The monoisotopic (exact) mass is 724 g/mol. The molecule has 2 heteroatoms. The van der Waals surface area contributed by atoms with Gasteiger partial charge in [-0.25, -0.2) is 0 Å². The van der Waals surface area contributed by atoms with Crippen molar-refractivity contribution in [1.82, 2.24) is 9.13 Å². The minimum Gasteiger partial charge on any atom is -0.309 e. The molecule has 0 unspecified atom stereocenters. The number of aromatic nitrogens is 2. The average Bonchev–Trinajstić information content (AvgIpc) is 3.81. The van der Waals surface area contributed by atoms with E-state index in [-0.39, 0.29) is 21.7 Å². The number of benzene rings is 7. The quantitative estimate of drug-likeness (QED) is 0.172. The highest BCUT2D eigenvalue weighted by atomic mass is 15.0. The normalized spacial score (nSPS) is 17.1. The Balaban J connectivity index is 1.07. The molecule has 11 rings (SSSR count). The molecule has 0 atom stereocenters. The summed E-state index contributed by atoms with van der Waals surface area (Å²) in [5, 5.41) is 5.24. The van der Waals surface area contributed by atoms with Crippen LogP contribution in [-0.4, -0.2) is 9.13 Å². The molecule has 0 saturated heterocycles. The molecule has 0 N–H and O–H groups in total. The van der Waals surface area contributed by atoms with Crippen LogP contribution in [0.25, 0.3) is 77.2 Å². The number of hydrogen-bond acceptors (Lipinski definition) is 0. The zero-order valence-corrected chi connectivity index (χ0v) is 33.8. The molecule has 2 aliphatic rings. The zero-order valence-electron chi connectivity index (χ0n) is 33.8. The fourth-order valence-corrected chi connectivity index (χ4v) is 10.8. The standard InChI is InChI=1S/C54H48N2/c1-51(2)43-18-12-9-15-37(43)40-29-41-42-30-45-46(53(5,6)54(7,8)52(45,3)4)32-50(42)56(49(41)31-44(40)51)36-27-23-34(24-28-36)33-21-25-35(26-22-33)55-47-19-13-10-16-38(47)39-17-11-14-20-48(39)55/h9-32H,1-8H3. The maximum absolute atomic E-state index is 2.56. The van der Waals surface area contributed by atoms with Gasteiger partial charge >= 0.3 is 0 Å². The number of nitrogens with zero attached hydrogens (tertiary/aromatic N) is 2. The van der Waals surface area contributed by atoms with Crippen LogP contribution in [0.1, 0.15) is 77.6 Å². The van der Waals surface area contributed by atoms with E-state index in [1.54, 1.807) is 0 Å². The van der Waals surface area contributed by atoms with Crippen molar-refractivity contribution >= 4 is 43.6 Å². The molecular weight excluding hydrogens is 677 g/mol. The lowest BCUT2D eigenvalue weighted by Crippen LogP contribution is -2.42. The van der Waals surface area contributed by atoms with Crippen molar-refractivity contribution in [3.63, 3.8) is 0 Å². The Morgan fingerprint density at radius 2 is 0.786 bits per heavy atom. The third-order valence-electron chi connectivity index (χ3n) is 15.2. The molecule has 0 spiro atoms. The second kappa shape index (κ2) is 10.9. The maximum atomic E-state index is 2.56. The molecule has 0 bridgehead atoms. The van der Waals surface area contributed by atoms with E-state index >= 15 is 0 Å². The molecule has 0 fully saturated rings. The van der Waals surface area contributed by atoms with E-state index in [2.05, 4.69) is 210 Å². The predicted octanol–water partition coefficient (Wildman–Crippen LogP) is 14.4. The molecule has 2 aromatic heterocycles. The highest BCUT2D eigenvalue weighted by Gasteiger charge is 2.57. The summed E-state index contributed by atoms with van der Waals surface area (Å²) in [5.74, 6) is 0. The van der Waals surface area contributed by atoms with Gasteiger partial charge in [0.2, 0.25) is 0 Å². The van der Waals surface area contributed by atoms with Gasteiger partial charge in [-0.1, -0.05) is 140 Å². The SMILES string of the molecule is CC1(C)c2ccccc2-c2cc3c4cc5c(cc4n(-c4ccc(-c6ccc(-n7c8ccccc8c8ccccc87)cc6)cc4)c3cc21)C(C)(C)C(C)(C)C5(C)C. The van der Waals surface area contributed by atoms with E-state index in [0.29, 0.717) is 0 Å². The molecule has 56 heavy (non-hydrogen) atoms. The van der Waals surface area contributed by atoms with Gasteiger partial charge in [0, 0.05) is 38.3 Å². The van der Waals surface area contributed by atoms with Crippen LogP contribution in [0, 0.1) is 5.41 Å². The summed E-state index contributed by atoms with van der Waals surface area (Å²) in [6, 6.07) is 54.9. The molecule has 2 aliphatic carbocycles. The van der Waals surface area contributed by atoms with Crippen molar-refractivity contribution in [2.45, 2.75) is 71.6 Å². The van der Waals surface area contributed by atoms with Gasteiger partial charge in [0.15, 0.2) is 0 Å². The van der Waals surface area contributed by atoms with Crippen molar-refractivity contribution in [3.8, 4) is 33.6 Å². The first kappa shape index (κ1) is 33.5. The number of para-hydroxylation sites is 2. The van der Waals surface area contributed by atoms with E-state index in [0.717, 1.165) is 0 Å². The smallest absolute Gasteiger partial charge is 0.0544 e. The molecule has 0 saturated carbocycles. The summed E-state index contributed by atoms with van der Waals surface area (Å²) in [6.45, 7) is 19.5. The van der Waals surface area contributed by atoms with E-state index in [1.165, 1.54) is 99.5 Å². The maximum Gasteiger partial charge on any atom is 0.0544 e. The summed E-state index contributed by atoms with van der Waals surface area (Å²) in [6.07, 6.45) is 0. The molecule has 0 aliphatic heterocycles. The van der Waals surface area contributed by atoms with E-state index < -0.39 is 0 Å². The molecule has 7 aromatic carbocycles. The molecule has 274 valence electrons. The molecule has 9 aromatic rings. The second-order valence-electron chi connectivity index (χ2n) is 18.7. The summed E-state index contributed by atoms with van der Waals surface area (Å²) in [4.78, 5) is 0. The van der Waals surface area contributed by atoms with Crippen molar-refractivity contribution in [2.75, 3.05) is 0 Å². The zero-order chi connectivity index (χ0) is 38.5. The van der Waals surface area contributed by atoms with Gasteiger partial charge in [0.25, 0.3) is 0 Å². The highest BCUT2D eigenvalue weighted by Crippen LogP contribution is 2.62. The van der Waals surface area contributed by atoms with Gasteiger partial charge in [-0.2, -0.15) is 0 Å². The average molecular weight is 725 g/mol. The summed E-state index contributed by atoms with van der Waals surface area (Å²) < 4.78 is 4.93. The van der Waals surface area contributed by atoms with Gasteiger partial charge in [-0.3, -0.25) is 0 Å². The minimum atomic E-state index is -0.0770. The fourth-order valence-electron chi connectivity index (χ4n) is 10.8. The molecule has 2 heterocycles. The topological polar surface area (TPSA) is 9.86 Å². The van der Waals surface area contributed by atoms with E-state index in [4.69, 9.17) is 0 Å². The number of fused-ring (bicyclic) bond motifs is 10. The summed E-state index contributed by atoms with van der Waals surface area (Å²) in [7, 11) is 0. The predicted molar refractivity (Wildman–Crippen MR) is 238 cm³/mol. The Bertz CT molecular complexity index is 3050. The van der Waals surface area contributed by atoms with Crippen LogP contribution in [0.3, 0.4) is 0 Å². The lowest BCUT2D eigenvalue weighted by atomic mass is 9.59. The first-order valence-corrected chi connectivity index (χ1v) is 20.3. The molecule has 2 nitrogen and oxygen atoms in total. The Labute approximate surface area is 330 Å². The highest BCUT2D eigenvalue weighted by molar-refractivity contribution is 6.12. The Hall–Kier alpha value is -5.86. The third-order valence-corrected chi connectivity index (χ3v) is 15.2. The van der Waals surface area contributed by atoms with Crippen molar-refractivity contribution in [1.29, 1.82) is 0 Å². The van der Waals surface area contributed by atoms with Crippen molar-refractivity contribution in [2.24, 2.45) is 5.41 Å². The van der Waals surface area contributed by atoms with Gasteiger partial charge in [0.05, 0.1) is 22.1 Å². The first-order valence-electron chi connectivity index (χ1n) is 20.3. The van der Waals surface area contributed by atoms with Crippen LogP contribution in [0.15, 0.2) is 146 Å².